The maximum atomic E-state index is 13.5. The molecular formula is C16H11F2N3O3. The van der Waals surface area contributed by atoms with Gasteiger partial charge in [-0.15, -0.1) is 10.2 Å². The summed E-state index contributed by atoms with van der Waals surface area (Å²) in [4.78, 5) is 12.0. The highest BCUT2D eigenvalue weighted by atomic mass is 19.1. The summed E-state index contributed by atoms with van der Waals surface area (Å²) >= 11 is 0. The second kappa shape index (κ2) is 6.45. The number of carbonyl (C=O) groups excluding carboxylic acids is 1. The molecule has 0 saturated heterocycles. The Hall–Kier alpha value is -3.29. The van der Waals surface area contributed by atoms with E-state index in [0.717, 1.165) is 12.1 Å². The van der Waals surface area contributed by atoms with Crippen molar-refractivity contribution in [1.82, 2.24) is 10.2 Å². The number of amides is 1. The third-order valence-corrected chi connectivity index (χ3v) is 3.16. The summed E-state index contributed by atoms with van der Waals surface area (Å²) < 4.78 is 37.3. The minimum Gasteiger partial charge on any atom is -0.497 e. The van der Waals surface area contributed by atoms with Crippen LogP contribution in [0.5, 0.6) is 5.75 Å². The zero-order chi connectivity index (χ0) is 17.1. The molecule has 0 saturated carbocycles. The number of hydrogen-bond acceptors (Lipinski definition) is 5. The number of para-hydroxylation sites is 1. The van der Waals surface area contributed by atoms with Crippen molar-refractivity contribution in [3.63, 3.8) is 0 Å². The van der Waals surface area contributed by atoms with E-state index < -0.39 is 29.1 Å². The van der Waals surface area contributed by atoms with E-state index in [1.165, 1.54) is 13.2 Å². The summed E-state index contributed by atoms with van der Waals surface area (Å²) in [5, 5.41) is 9.40. The summed E-state index contributed by atoms with van der Waals surface area (Å²) in [6.07, 6.45) is 0. The fourth-order valence-electron chi connectivity index (χ4n) is 1.95. The van der Waals surface area contributed by atoms with E-state index in [-0.39, 0.29) is 5.89 Å². The third-order valence-electron chi connectivity index (χ3n) is 3.16. The van der Waals surface area contributed by atoms with Crippen molar-refractivity contribution < 1.29 is 22.7 Å². The van der Waals surface area contributed by atoms with Gasteiger partial charge in [-0.1, -0.05) is 6.07 Å². The lowest BCUT2D eigenvalue weighted by atomic mass is 10.2. The Balaban J connectivity index is 1.80. The van der Waals surface area contributed by atoms with Crippen LogP contribution in [-0.4, -0.2) is 23.2 Å². The van der Waals surface area contributed by atoms with Crippen LogP contribution in [0.25, 0.3) is 11.5 Å². The normalized spacial score (nSPS) is 10.5. The zero-order valence-electron chi connectivity index (χ0n) is 12.4. The van der Waals surface area contributed by atoms with Crippen molar-refractivity contribution in [2.75, 3.05) is 12.4 Å². The Bertz CT molecular complexity index is 858. The fraction of sp³-hybridized carbons (Fsp3) is 0.0625. The van der Waals surface area contributed by atoms with Crippen LogP contribution in [0.4, 0.5) is 14.5 Å². The van der Waals surface area contributed by atoms with Gasteiger partial charge in [-0.25, -0.2) is 8.78 Å². The average molecular weight is 331 g/mol. The van der Waals surface area contributed by atoms with Gasteiger partial charge in [0.25, 0.3) is 0 Å². The molecule has 0 aliphatic rings. The monoisotopic (exact) mass is 331 g/mol. The van der Waals surface area contributed by atoms with Gasteiger partial charge in [0, 0.05) is 5.56 Å². The molecule has 0 aliphatic heterocycles. The highest BCUT2D eigenvalue weighted by Gasteiger charge is 2.19. The Morgan fingerprint density at radius 2 is 1.75 bits per heavy atom. The minimum atomic E-state index is -0.911. The molecule has 0 radical (unpaired) electrons. The van der Waals surface area contributed by atoms with Crippen molar-refractivity contribution in [2.24, 2.45) is 0 Å². The van der Waals surface area contributed by atoms with E-state index in [1.807, 2.05) is 0 Å². The second-order valence-electron chi connectivity index (χ2n) is 4.69. The fourth-order valence-corrected chi connectivity index (χ4v) is 1.95. The van der Waals surface area contributed by atoms with Crippen molar-refractivity contribution >= 4 is 11.6 Å². The van der Waals surface area contributed by atoms with Gasteiger partial charge in [-0.3, -0.25) is 4.79 Å². The van der Waals surface area contributed by atoms with E-state index in [1.54, 1.807) is 24.3 Å². The van der Waals surface area contributed by atoms with Gasteiger partial charge in [-0.2, -0.15) is 0 Å². The molecule has 1 N–H and O–H groups in total. The van der Waals surface area contributed by atoms with Crippen LogP contribution in [0, 0.1) is 11.6 Å². The molecular weight excluding hydrogens is 320 g/mol. The van der Waals surface area contributed by atoms with E-state index >= 15 is 0 Å². The van der Waals surface area contributed by atoms with Gasteiger partial charge in [0.1, 0.15) is 23.1 Å². The Morgan fingerprint density at radius 3 is 2.38 bits per heavy atom. The standard InChI is InChI=1S/C16H11F2N3O3/c1-23-10-7-5-9(6-8-10)15-20-21-16(24-15)14(22)19-13-11(17)3-2-4-12(13)18/h2-8H,1H3,(H,19,22). The molecule has 0 aliphatic carbocycles. The number of halogens is 2. The quantitative estimate of drug-likeness (QED) is 0.794. The summed E-state index contributed by atoms with van der Waals surface area (Å²) in [5.74, 6) is -2.39. The Morgan fingerprint density at radius 1 is 1.08 bits per heavy atom. The number of benzene rings is 2. The zero-order valence-corrected chi connectivity index (χ0v) is 12.4. The van der Waals surface area contributed by atoms with Gasteiger partial charge < -0.3 is 14.5 Å². The van der Waals surface area contributed by atoms with Crippen LogP contribution in [0.2, 0.25) is 0 Å². The molecule has 3 aromatic rings. The molecule has 1 aromatic heterocycles. The summed E-state index contributed by atoms with van der Waals surface area (Å²) in [6, 6.07) is 9.95. The van der Waals surface area contributed by atoms with E-state index in [2.05, 4.69) is 15.5 Å². The van der Waals surface area contributed by atoms with Crippen LogP contribution in [0.3, 0.4) is 0 Å². The lowest BCUT2D eigenvalue weighted by Crippen LogP contribution is -2.14. The number of nitrogens with one attached hydrogen (secondary N) is 1. The number of rotatable bonds is 4. The maximum absolute atomic E-state index is 13.5. The van der Waals surface area contributed by atoms with Gasteiger partial charge in [0.05, 0.1) is 7.11 Å². The predicted octanol–water partition coefficient (Wildman–Crippen LogP) is 3.28. The summed E-state index contributed by atoms with van der Waals surface area (Å²) in [7, 11) is 1.53. The van der Waals surface area contributed by atoms with Crippen molar-refractivity contribution in [3.05, 3.63) is 60.0 Å². The molecule has 1 heterocycles. The first-order chi connectivity index (χ1) is 11.6. The largest absolute Gasteiger partial charge is 0.497 e. The molecule has 0 unspecified atom stereocenters. The Kier molecular flexibility index (Phi) is 4.19. The lowest BCUT2D eigenvalue weighted by Gasteiger charge is -2.04. The maximum Gasteiger partial charge on any atom is 0.313 e. The van der Waals surface area contributed by atoms with Crippen molar-refractivity contribution in [3.8, 4) is 17.2 Å². The van der Waals surface area contributed by atoms with Crippen molar-refractivity contribution in [1.29, 1.82) is 0 Å². The van der Waals surface area contributed by atoms with Crippen LogP contribution in [-0.2, 0) is 0 Å². The van der Waals surface area contributed by atoms with Crippen LogP contribution in [0.15, 0.2) is 46.9 Å². The molecule has 2 aromatic carbocycles. The molecule has 122 valence electrons. The molecule has 0 bridgehead atoms. The second-order valence-corrected chi connectivity index (χ2v) is 4.69. The predicted molar refractivity (Wildman–Crippen MR) is 80.6 cm³/mol. The van der Waals surface area contributed by atoms with Crippen LogP contribution >= 0.6 is 0 Å². The van der Waals surface area contributed by atoms with E-state index in [0.29, 0.717) is 11.3 Å². The number of anilines is 1. The lowest BCUT2D eigenvalue weighted by molar-refractivity contribution is 0.0989. The number of nitrogens with zero attached hydrogens (tertiary/aromatic N) is 2. The molecule has 8 heteroatoms. The summed E-state index contributed by atoms with van der Waals surface area (Å²) in [6.45, 7) is 0. The molecule has 0 spiro atoms. The number of hydrogen-bond donors (Lipinski definition) is 1. The number of carbonyl (C=O) groups is 1. The third kappa shape index (κ3) is 3.07. The molecule has 0 fully saturated rings. The van der Waals surface area contributed by atoms with Gasteiger partial charge in [-0.05, 0) is 36.4 Å². The van der Waals surface area contributed by atoms with Gasteiger partial charge in [0.15, 0.2) is 0 Å². The molecule has 0 atom stereocenters. The smallest absolute Gasteiger partial charge is 0.313 e. The molecule has 3 rings (SSSR count). The first kappa shape index (κ1) is 15.6. The number of ether oxygens (including phenoxy) is 1. The SMILES string of the molecule is COc1ccc(-c2nnc(C(=O)Nc3c(F)cccc3F)o2)cc1. The average Bonchev–Trinajstić information content (AvgIpc) is 3.08. The highest BCUT2D eigenvalue weighted by molar-refractivity contribution is 6.01. The molecule has 6 nitrogen and oxygen atoms in total. The van der Waals surface area contributed by atoms with Gasteiger partial charge >= 0.3 is 11.8 Å². The first-order valence-corrected chi connectivity index (χ1v) is 6.82. The Labute approximate surface area is 135 Å². The first-order valence-electron chi connectivity index (χ1n) is 6.82. The number of aromatic nitrogens is 2. The minimum absolute atomic E-state index is 0.0943. The van der Waals surface area contributed by atoms with Crippen LogP contribution < -0.4 is 10.1 Å². The van der Waals surface area contributed by atoms with Crippen LogP contribution in [0.1, 0.15) is 10.7 Å². The van der Waals surface area contributed by atoms with Crippen molar-refractivity contribution in [2.45, 2.75) is 0 Å². The van der Waals surface area contributed by atoms with E-state index in [9.17, 15) is 13.6 Å². The topological polar surface area (TPSA) is 77.2 Å². The van der Waals surface area contributed by atoms with Gasteiger partial charge in [0.2, 0.25) is 5.89 Å². The van der Waals surface area contributed by atoms with E-state index in [4.69, 9.17) is 9.15 Å². The molecule has 1 amide bonds. The highest BCUT2D eigenvalue weighted by Crippen LogP contribution is 2.22. The summed E-state index contributed by atoms with van der Waals surface area (Å²) in [5.41, 5.74) is -0.00822. The molecule has 24 heavy (non-hydrogen) atoms. The number of methoxy groups -OCH3 is 1.